The Labute approximate surface area is 101 Å². The molecule has 0 aliphatic rings. The zero-order valence-corrected chi connectivity index (χ0v) is 10.5. The van der Waals surface area contributed by atoms with Crippen LogP contribution in [0.3, 0.4) is 0 Å². The number of benzene rings is 1. The summed E-state index contributed by atoms with van der Waals surface area (Å²) in [6.45, 7) is 4.04. The van der Waals surface area contributed by atoms with Crippen molar-refractivity contribution in [3.8, 4) is 0 Å². The number of imidazole rings is 1. The standard InChI is InChI=1S/C13H18N4/c1-4-10-5-7-11(8-6-10)17(3)13-12(14)15-9(2)16-13/h5-8H,4,14H2,1-3H3,(H,15,16). The summed E-state index contributed by atoms with van der Waals surface area (Å²) >= 11 is 0. The van der Waals surface area contributed by atoms with E-state index in [1.165, 1.54) is 5.56 Å². The zero-order chi connectivity index (χ0) is 12.4. The number of hydrogen-bond donors (Lipinski definition) is 2. The molecule has 0 fully saturated rings. The van der Waals surface area contributed by atoms with E-state index in [0.29, 0.717) is 5.82 Å². The Morgan fingerprint density at radius 3 is 2.41 bits per heavy atom. The lowest BCUT2D eigenvalue weighted by atomic mass is 10.1. The van der Waals surface area contributed by atoms with Crippen molar-refractivity contribution in [2.24, 2.45) is 0 Å². The van der Waals surface area contributed by atoms with Gasteiger partial charge in [0.15, 0.2) is 5.82 Å². The maximum absolute atomic E-state index is 5.88. The van der Waals surface area contributed by atoms with Crippen LogP contribution in [0, 0.1) is 6.92 Å². The molecule has 1 aromatic heterocycles. The quantitative estimate of drug-likeness (QED) is 0.852. The van der Waals surface area contributed by atoms with Crippen LogP contribution in [0.5, 0.6) is 0 Å². The summed E-state index contributed by atoms with van der Waals surface area (Å²) in [6.07, 6.45) is 1.05. The second-order valence-electron chi connectivity index (χ2n) is 4.14. The molecule has 3 N–H and O–H groups in total. The highest BCUT2D eigenvalue weighted by atomic mass is 15.2. The average molecular weight is 230 g/mol. The highest BCUT2D eigenvalue weighted by Crippen LogP contribution is 2.26. The molecule has 0 unspecified atom stereocenters. The Morgan fingerprint density at radius 1 is 1.29 bits per heavy atom. The lowest BCUT2D eigenvalue weighted by Gasteiger charge is -2.17. The van der Waals surface area contributed by atoms with Gasteiger partial charge in [-0.25, -0.2) is 4.98 Å². The number of aromatic nitrogens is 2. The molecule has 90 valence electrons. The Balaban J connectivity index is 2.30. The molecule has 1 aromatic carbocycles. The van der Waals surface area contributed by atoms with Gasteiger partial charge in [0.1, 0.15) is 11.6 Å². The molecular formula is C13H18N4. The Kier molecular flexibility index (Phi) is 3.04. The van der Waals surface area contributed by atoms with Crippen LogP contribution in [0.25, 0.3) is 0 Å². The van der Waals surface area contributed by atoms with E-state index in [4.69, 9.17) is 5.73 Å². The van der Waals surface area contributed by atoms with Gasteiger partial charge in [-0.05, 0) is 31.0 Å². The Morgan fingerprint density at radius 2 is 1.94 bits per heavy atom. The summed E-state index contributed by atoms with van der Waals surface area (Å²) < 4.78 is 0. The van der Waals surface area contributed by atoms with E-state index >= 15 is 0 Å². The summed E-state index contributed by atoms with van der Waals surface area (Å²) in [7, 11) is 1.97. The molecule has 2 aromatic rings. The first-order chi connectivity index (χ1) is 8.11. The van der Waals surface area contributed by atoms with Crippen molar-refractivity contribution in [1.82, 2.24) is 9.97 Å². The van der Waals surface area contributed by atoms with E-state index in [2.05, 4.69) is 41.2 Å². The lowest BCUT2D eigenvalue weighted by Crippen LogP contribution is -2.11. The predicted octanol–water partition coefficient (Wildman–Crippen LogP) is 2.63. The zero-order valence-electron chi connectivity index (χ0n) is 10.5. The molecule has 0 aliphatic carbocycles. The first kappa shape index (κ1) is 11.5. The second kappa shape index (κ2) is 4.49. The van der Waals surface area contributed by atoms with Crippen molar-refractivity contribution in [1.29, 1.82) is 0 Å². The minimum Gasteiger partial charge on any atom is -0.382 e. The van der Waals surface area contributed by atoms with E-state index in [0.717, 1.165) is 23.8 Å². The van der Waals surface area contributed by atoms with E-state index in [-0.39, 0.29) is 0 Å². The van der Waals surface area contributed by atoms with Crippen LogP contribution in [-0.4, -0.2) is 17.0 Å². The van der Waals surface area contributed by atoms with Gasteiger partial charge in [-0.3, -0.25) is 0 Å². The molecule has 0 atom stereocenters. The van der Waals surface area contributed by atoms with Gasteiger partial charge in [-0.2, -0.15) is 0 Å². The van der Waals surface area contributed by atoms with Crippen LogP contribution in [-0.2, 0) is 6.42 Å². The highest BCUT2D eigenvalue weighted by molar-refractivity contribution is 5.68. The van der Waals surface area contributed by atoms with Gasteiger partial charge in [0, 0.05) is 12.7 Å². The fourth-order valence-corrected chi connectivity index (χ4v) is 1.83. The first-order valence-corrected chi connectivity index (χ1v) is 5.76. The molecule has 0 bridgehead atoms. The lowest BCUT2D eigenvalue weighted by molar-refractivity contribution is 1.10. The third kappa shape index (κ3) is 2.25. The number of rotatable bonds is 3. The minimum atomic E-state index is 0.601. The average Bonchev–Trinajstić information content (AvgIpc) is 2.68. The fraction of sp³-hybridized carbons (Fsp3) is 0.308. The largest absolute Gasteiger partial charge is 0.382 e. The fourth-order valence-electron chi connectivity index (χ4n) is 1.83. The predicted molar refractivity (Wildman–Crippen MR) is 71.6 cm³/mol. The number of nitrogens with one attached hydrogen (secondary N) is 1. The molecule has 0 spiro atoms. The topological polar surface area (TPSA) is 57.9 Å². The summed E-state index contributed by atoms with van der Waals surface area (Å²) in [5, 5.41) is 0. The molecule has 0 radical (unpaired) electrons. The number of hydrogen-bond acceptors (Lipinski definition) is 3. The molecule has 2 rings (SSSR count). The normalized spacial score (nSPS) is 10.5. The monoisotopic (exact) mass is 230 g/mol. The SMILES string of the molecule is CCc1ccc(N(C)c2nc(C)[nH]c2N)cc1. The number of nitrogens with two attached hydrogens (primary N) is 1. The second-order valence-corrected chi connectivity index (χ2v) is 4.14. The van der Waals surface area contributed by atoms with E-state index < -0.39 is 0 Å². The molecule has 0 amide bonds. The molecule has 0 aliphatic heterocycles. The summed E-state index contributed by atoms with van der Waals surface area (Å²) in [6, 6.07) is 8.42. The number of H-pyrrole nitrogens is 1. The van der Waals surface area contributed by atoms with Gasteiger partial charge in [-0.1, -0.05) is 19.1 Å². The van der Waals surface area contributed by atoms with E-state index in [9.17, 15) is 0 Å². The summed E-state index contributed by atoms with van der Waals surface area (Å²) in [5.74, 6) is 2.20. The van der Waals surface area contributed by atoms with Gasteiger partial charge in [0.05, 0.1) is 0 Å². The number of nitrogens with zero attached hydrogens (tertiary/aromatic N) is 2. The molecule has 1 heterocycles. The third-order valence-electron chi connectivity index (χ3n) is 2.88. The van der Waals surface area contributed by atoms with E-state index in [1.807, 2.05) is 18.9 Å². The number of aryl methyl sites for hydroxylation is 2. The van der Waals surface area contributed by atoms with Crippen LogP contribution in [0.2, 0.25) is 0 Å². The van der Waals surface area contributed by atoms with E-state index in [1.54, 1.807) is 0 Å². The van der Waals surface area contributed by atoms with Crippen LogP contribution >= 0.6 is 0 Å². The molecular weight excluding hydrogens is 212 g/mol. The van der Waals surface area contributed by atoms with Gasteiger partial charge in [0.25, 0.3) is 0 Å². The smallest absolute Gasteiger partial charge is 0.175 e. The third-order valence-corrected chi connectivity index (χ3v) is 2.88. The number of anilines is 3. The van der Waals surface area contributed by atoms with Crippen LogP contribution < -0.4 is 10.6 Å². The first-order valence-electron chi connectivity index (χ1n) is 5.76. The van der Waals surface area contributed by atoms with Crippen molar-refractivity contribution in [3.63, 3.8) is 0 Å². The highest BCUT2D eigenvalue weighted by Gasteiger charge is 2.11. The van der Waals surface area contributed by atoms with Crippen molar-refractivity contribution in [3.05, 3.63) is 35.7 Å². The number of aromatic amines is 1. The molecule has 4 heteroatoms. The van der Waals surface area contributed by atoms with Crippen LogP contribution in [0.15, 0.2) is 24.3 Å². The van der Waals surface area contributed by atoms with Crippen LogP contribution in [0.1, 0.15) is 18.3 Å². The van der Waals surface area contributed by atoms with Crippen molar-refractivity contribution in [2.75, 3.05) is 17.7 Å². The summed E-state index contributed by atoms with van der Waals surface area (Å²) in [4.78, 5) is 9.36. The maximum Gasteiger partial charge on any atom is 0.175 e. The van der Waals surface area contributed by atoms with Crippen molar-refractivity contribution >= 4 is 17.3 Å². The molecule has 0 saturated carbocycles. The van der Waals surface area contributed by atoms with Gasteiger partial charge >= 0.3 is 0 Å². The van der Waals surface area contributed by atoms with Crippen molar-refractivity contribution in [2.45, 2.75) is 20.3 Å². The Hall–Kier alpha value is -1.97. The Bertz CT molecular complexity index is 499. The maximum atomic E-state index is 5.88. The minimum absolute atomic E-state index is 0.601. The van der Waals surface area contributed by atoms with Gasteiger partial charge in [0.2, 0.25) is 0 Å². The number of nitrogen functional groups attached to an aromatic ring is 1. The van der Waals surface area contributed by atoms with Crippen LogP contribution in [0.4, 0.5) is 17.3 Å². The summed E-state index contributed by atoms with van der Waals surface area (Å²) in [5.41, 5.74) is 8.29. The van der Waals surface area contributed by atoms with Crippen molar-refractivity contribution < 1.29 is 0 Å². The molecule has 17 heavy (non-hydrogen) atoms. The van der Waals surface area contributed by atoms with Gasteiger partial charge in [-0.15, -0.1) is 0 Å². The van der Waals surface area contributed by atoms with Gasteiger partial charge < -0.3 is 15.6 Å². The molecule has 0 saturated heterocycles. The molecule has 4 nitrogen and oxygen atoms in total.